The molecule has 3 N–H and O–H groups in total. The number of nitrogens with two attached hydrogens (primary N) is 1. The third-order valence-electron chi connectivity index (χ3n) is 3.07. The zero-order valence-electron chi connectivity index (χ0n) is 11.0. The fraction of sp³-hybridized carbons (Fsp3) is 0.357. The molecule has 0 saturated carbocycles. The average molecular weight is 283 g/mol. The van der Waals surface area contributed by atoms with E-state index in [9.17, 15) is 13.2 Å². The van der Waals surface area contributed by atoms with Gasteiger partial charge in [0.1, 0.15) is 5.82 Å². The third kappa shape index (κ3) is 3.19. The molecule has 2 rings (SSSR count). The first-order chi connectivity index (χ1) is 9.41. The summed E-state index contributed by atoms with van der Waals surface area (Å²) >= 11 is 0. The molecule has 1 atom stereocenters. The van der Waals surface area contributed by atoms with E-state index in [1.165, 1.54) is 12.1 Å². The average Bonchev–Trinajstić information content (AvgIpc) is 2.88. The highest BCUT2D eigenvalue weighted by molar-refractivity contribution is 5.59. The van der Waals surface area contributed by atoms with Gasteiger partial charge in [-0.2, -0.15) is 13.2 Å². The SMILES string of the molecule is CCCC(N)c1ncc(-c2ccc(C(F)(F)F)cc2)[nH]1. The highest BCUT2D eigenvalue weighted by Crippen LogP contribution is 2.30. The van der Waals surface area contributed by atoms with Crippen LogP contribution < -0.4 is 5.73 Å². The second-order valence-corrected chi connectivity index (χ2v) is 4.65. The van der Waals surface area contributed by atoms with E-state index < -0.39 is 11.7 Å². The highest BCUT2D eigenvalue weighted by atomic mass is 19.4. The van der Waals surface area contributed by atoms with Crippen LogP contribution in [0.1, 0.15) is 37.2 Å². The maximum absolute atomic E-state index is 12.5. The minimum absolute atomic E-state index is 0.178. The summed E-state index contributed by atoms with van der Waals surface area (Å²) in [5.41, 5.74) is 6.59. The highest BCUT2D eigenvalue weighted by Gasteiger charge is 2.30. The number of nitrogens with one attached hydrogen (secondary N) is 1. The first-order valence-electron chi connectivity index (χ1n) is 6.40. The molecule has 0 saturated heterocycles. The number of aromatic amines is 1. The lowest BCUT2D eigenvalue weighted by Crippen LogP contribution is -2.11. The molecule has 0 bridgehead atoms. The number of halogens is 3. The summed E-state index contributed by atoms with van der Waals surface area (Å²) in [4.78, 5) is 7.23. The second-order valence-electron chi connectivity index (χ2n) is 4.65. The summed E-state index contributed by atoms with van der Waals surface area (Å²) in [5.74, 6) is 0.654. The van der Waals surface area contributed by atoms with Crippen LogP contribution in [0.2, 0.25) is 0 Å². The molecule has 1 heterocycles. The number of hydrogen-bond donors (Lipinski definition) is 2. The van der Waals surface area contributed by atoms with Crippen molar-refractivity contribution in [3.8, 4) is 11.3 Å². The van der Waals surface area contributed by atoms with Crippen LogP contribution in [0.25, 0.3) is 11.3 Å². The lowest BCUT2D eigenvalue weighted by atomic mass is 10.1. The Hall–Kier alpha value is -1.82. The molecule has 3 nitrogen and oxygen atoms in total. The summed E-state index contributed by atoms with van der Waals surface area (Å²) in [7, 11) is 0. The quantitative estimate of drug-likeness (QED) is 0.894. The van der Waals surface area contributed by atoms with Gasteiger partial charge in [0, 0.05) is 0 Å². The molecule has 0 aliphatic heterocycles. The molecule has 1 aromatic heterocycles. The molecule has 0 radical (unpaired) electrons. The molecule has 20 heavy (non-hydrogen) atoms. The molecule has 108 valence electrons. The van der Waals surface area contributed by atoms with Crippen molar-refractivity contribution in [2.24, 2.45) is 5.73 Å². The van der Waals surface area contributed by atoms with Crippen LogP contribution in [0.3, 0.4) is 0 Å². The fourth-order valence-corrected chi connectivity index (χ4v) is 1.96. The molecule has 0 aliphatic rings. The van der Waals surface area contributed by atoms with E-state index >= 15 is 0 Å². The Morgan fingerprint density at radius 1 is 1.25 bits per heavy atom. The smallest absolute Gasteiger partial charge is 0.341 e. The lowest BCUT2D eigenvalue weighted by molar-refractivity contribution is -0.137. The first-order valence-corrected chi connectivity index (χ1v) is 6.40. The number of H-pyrrole nitrogens is 1. The van der Waals surface area contributed by atoms with E-state index in [1.807, 2.05) is 6.92 Å². The minimum atomic E-state index is -4.32. The topological polar surface area (TPSA) is 54.7 Å². The Balaban J connectivity index is 2.20. The number of benzene rings is 1. The van der Waals surface area contributed by atoms with Crippen LogP contribution in [0, 0.1) is 0 Å². The first kappa shape index (κ1) is 14.6. The van der Waals surface area contributed by atoms with Crippen molar-refractivity contribution < 1.29 is 13.2 Å². The Morgan fingerprint density at radius 3 is 2.45 bits per heavy atom. The van der Waals surface area contributed by atoms with Gasteiger partial charge in [-0.25, -0.2) is 4.98 Å². The molecular formula is C14H16F3N3. The van der Waals surface area contributed by atoms with Crippen molar-refractivity contribution in [3.63, 3.8) is 0 Å². The summed E-state index contributed by atoms with van der Waals surface area (Å²) in [5, 5.41) is 0. The van der Waals surface area contributed by atoms with Crippen LogP contribution >= 0.6 is 0 Å². The Bertz CT molecular complexity index is 558. The Labute approximate surface area is 115 Å². The zero-order valence-corrected chi connectivity index (χ0v) is 11.0. The van der Waals surface area contributed by atoms with Gasteiger partial charge < -0.3 is 10.7 Å². The number of nitrogens with zero attached hydrogens (tertiary/aromatic N) is 1. The summed E-state index contributed by atoms with van der Waals surface area (Å²) in [6, 6.07) is 4.78. The number of rotatable bonds is 4. The van der Waals surface area contributed by atoms with E-state index in [0.717, 1.165) is 25.0 Å². The Kier molecular flexibility index (Phi) is 4.13. The molecule has 2 aromatic rings. The van der Waals surface area contributed by atoms with Crippen molar-refractivity contribution in [2.45, 2.75) is 32.0 Å². The molecule has 0 spiro atoms. The molecule has 0 fully saturated rings. The largest absolute Gasteiger partial charge is 0.416 e. The van der Waals surface area contributed by atoms with Gasteiger partial charge >= 0.3 is 6.18 Å². The van der Waals surface area contributed by atoms with Gasteiger partial charge in [-0.3, -0.25) is 0 Å². The standard InChI is InChI=1S/C14H16F3N3/c1-2-3-11(18)13-19-8-12(20-13)9-4-6-10(7-5-9)14(15,16)17/h4-8,11H,2-3,18H2,1H3,(H,19,20). The molecule has 0 aliphatic carbocycles. The third-order valence-corrected chi connectivity index (χ3v) is 3.07. The van der Waals surface area contributed by atoms with Crippen LogP contribution in [0.4, 0.5) is 13.2 Å². The predicted octanol–water partition coefficient (Wildman–Crippen LogP) is 3.90. The van der Waals surface area contributed by atoms with E-state index in [4.69, 9.17) is 5.73 Å². The predicted molar refractivity (Wildman–Crippen MR) is 70.9 cm³/mol. The van der Waals surface area contributed by atoms with Crippen molar-refractivity contribution in [1.82, 2.24) is 9.97 Å². The van der Waals surface area contributed by atoms with Gasteiger partial charge in [0.05, 0.1) is 23.5 Å². The van der Waals surface area contributed by atoms with E-state index in [1.54, 1.807) is 6.20 Å². The van der Waals surface area contributed by atoms with Crippen LogP contribution in [-0.2, 0) is 6.18 Å². The van der Waals surface area contributed by atoms with Crippen LogP contribution in [-0.4, -0.2) is 9.97 Å². The molecular weight excluding hydrogens is 267 g/mol. The van der Waals surface area contributed by atoms with Gasteiger partial charge in [-0.05, 0) is 24.1 Å². The lowest BCUT2D eigenvalue weighted by Gasteiger charge is -2.07. The minimum Gasteiger partial charge on any atom is -0.341 e. The molecule has 1 aromatic carbocycles. The maximum Gasteiger partial charge on any atom is 0.416 e. The Morgan fingerprint density at radius 2 is 1.90 bits per heavy atom. The van der Waals surface area contributed by atoms with Crippen molar-refractivity contribution in [3.05, 3.63) is 41.9 Å². The van der Waals surface area contributed by atoms with E-state index in [0.29, 0.717) is 17.1 Å². The van der Waals surface area contributed by atoms with Gasteiger partial charge in [0.25, 0.3) is 0 Å². The summed E-state index contributed by atoms with van der Waals surface area (Å²) in [6.07, 6.45) is -0.980. The summed E-state index contributed by atoms with van der Waals surface area (Å²) < 4.78 is 37.4. The van der Waals surface area contributed by atoms with Gasteiger partial charge in [-0.1, -0.05) is 25.5 Å². The van der Waals surface area contributed by atoms with Crippen molar-refractivity contribution in [2.75, 3.05) is 0 Å². The van der Waals surface area contributed by atoms with Gasteiger partial charge in [0.15, 0.2) is 0 Å². The summed E-state index contributed by atoms with van der Waals surface area (Å²) in [6.45, 7) is 2.03. The van der Waals surface area contributed by atoms with E-state index in [-0.39, 0.29) is 6.04 Å². The molecule has 6 heteroatoms. The van der Waals surface area contributed by atoms with E-state index in [2.05, 4.69) is 9.97 Å². The fourth-order valence-electron chi connectivity index (χ4n) is 1.96. The molecule has 1 unspecified atom stereocenters. The maximum atomic E-state index is 12.5. The zero-order chi connectivity index (χ0) is 14.8. The van der Waals surface area contributed by atoms with Crippen LogP contribution in [0.5, 0.6) is 0 Å². The van der Waals surface area contributed by atoms with Crippen molar-refractivity contribution >= 4 is 0 Å². The van der Waals surface area contributed by atoms with Gasteiger partial charge in [0.2, 0.25) is 0 Å². The second kappa shape index (κ2) is 5.66. The monoisotopic (exact) mass is 283 g/mol. The number of hydrogen-bond acceptors (Lipinski definition) is 2. The normalized spacial score (nSPS) is 13.4. The number of imidazole rings is 1. The van der Waals surface area contributed by atoms with Crippen LogP contribution in [0.15, 0.2) is 30.5 Å². The van der Waals surface area contributed by atoms with Crippen molar-refractivity contribution in [1.29, 1.82) is 0 Å². The number of aromatic nitrogens is 2. The number of alkyl halides is 3. The van der Waals surface area contributed by atoms with Gasteiger partial charge in [-0.15, -0.1) is 0 Å². The molecule has 0 amide bonds.